The average Bonchev–Trinajstić information content (AvgIpc) is 2.23. The number of nitrogen functional groups attached to an aromatic ring is 1. The number of nitrogens with two attached hydrogens (primary N) is 1. The first-order valence-electron chi connectivity index (χ1n) is 5.04. The molecular weight excluding hydrogens is 208 g/mol. The van der Waals surface area contributed by atoms with Gasteiger partial charge in [0.25, 0.3) is 0 Å². The van der Waals surface area contributed by atoms with Crippen molar-refractivity contribution >= 4 is 17.3 Å². The number of anilines is 1. The number of likely N-dealkylation sites (N-methyl/N-ethyl adjacent to an activating group) is 1. The SMILES string of the molecule is C=CCN(CC)Cc1ccc(Cl)c(N)c1. The molecule has 1 aromatic carbocycles. The van der Waals surface area contributed by atoms with E-state index in [0.29, 0.717) is 10.7 Å². The largest absolute Gasteiger partial charge is 0.398 e. The number of hydrogen-bond acceptors (Lipinski definition) is 2. The van der Waals surface area contributed by atoms with Crippen molar-refractivity contribution in [3.05, 3.63) is 41.4 Å². The molecule has 0 spiro atoms. The molecule has 0 aliphatic rings. The maximum absolute atomic E-state index is 5.86. The van der Waals surface area contributed by atoms with E-state index in [0.717, 1.165) is 19.6 Å². The molecule has 0 amide bonds. The van der Waals surface area contributed by atoms with E-state index in [4.69, 9.17) is 17.3 Å². The molecule has 0 aliphatic carbocycles. The summed E-state index contributed by atoms with van der Waals surface area (Å²) in [5.41, 5.74) is 7.56. The third kappa shape index (κ3) is 3.57. The van der Waals surface area contributed by atoms with Crippen LogP contribution < -0.4 is 5.73 Å². The number of nitrogens with zero attached hydrogens (tertiary/aromatic N) is 1. The quantitative estimate of drug-likeness (QED) is 0.616. The molecule has 2 nitrogen and oxygen atoms in total. The fourth-order valence-corrected chi connectivity index (χ4v) is 1.56. The van der Waals surface area contributed by atoms with Crippen molar-refractivity contribution in [2.45, 2.75) is 13.5 Å². The van der Waals surface area contributed by atoms with Crippen LogP contribution in [0.4, 0.5) is 5.69 Å². The number of rotatable bonds is 5. The molecule has 0 radical (unpaired) electrons. The highest BCUT2D eigenvalue weighted by Crippen LogP contribution is 2.20. The van der Waals surface area contributed by atoms with Gasteiger partial charge in [0.05, 0.1) is 10.7 Å². The molecule has 0 heterocycles. The Hall–Kier alpha value is -0.990. The van der Waals surface area contributed by atoms with Gasteiger partial charge in [0.1, 0.15) is 0 Å². The van der Waals surface area contributed by atoms with Gasteiger partial charge in [-0.1, -0.05) is 30.7 Å². The minimum atomic E-state index is 0.616. The van der Waals surface area contributed by atoms with Gasteiger partial charge in [-0.25, -0.2) is 0 Å². The van der Waals surface area contributed by atoms with E-state index in [1.807, 2.05) is 24.3 Å². The van der Waals surface area contributed by atoms with Crippen LogP contribution in [0.15, 0.2) is 30.9 Å². The van der Waals surface area contributed by atoms with E-state index in [1.54, 1.807) is 0 Å². The Morgan fingerprint density at radius 3 is 2.80 bits per heavy atom. The predicted octanol–water partition coefficient (Wildman–Crippen LogP) is 2.93. The lowest BCUT2D eigenvalue weighted by Crippen LogP contribution is -2.22. The highest BCUT2D eigenvalue weighted by Gasteiger charge is 2.03. The zero-order valence-corrected chi connectivity index (χ0v) is 9.80. The summed E-state index contributed by atoms with van der Waals surface area (Å²) in [6.07, 6.45) is 1.91. The Morgan fingerprint density at radius 2 is 2.27 bits per heavy atom. The topological polar surface area (TPSA) is 29.3 Å². The molecular formula is C12H17ClN2. The zero-order valence-electron chi connectivity index (χ0n) is 9.04. The number of hydrogen-bond donors (Lipinski definition) is 1. The molecule has 0 saturated heterocycles. The van der Waals surface area contributed by atoms with E-state index in [9.17, 15) is 0 Å². The van der Waals surface area contributed by atoms with Crippen LogP contribution >= 0.6 is 11.6 Å². The maximum Gasteiger partial charge on any atom is 0.0635 e. The molecule has 0 unspecified atom stereocenters. The Balaban J connectivity index is 2.70. The Kier molecular flexibility index (Phi) is 4.66. The lowest BCUT2D eigenvalue weighted by Gasteiger charge is -2.18. The van der Waals surface area contributed by atoms with E-state index >= 15 is 0 Å². The van der Waals surface area contributed by atoms with Gasteiger partial charge in [-0.05, 0) is 24.2 Å². The van der Waals surface area contributed by atoms with Crippen molar-refractivity contribution in [1.82, 2.24) is 4.90 Å². The maximum atomic E-state index is 5.86. The third-order valence-electron chi connectivity index (χ3n) is 2.30. The molecule has 0 aromatic heterocycles. The summed E-state index contributed by atoms with van der Waals surface area (Å²) >= 11 is 5.86. The van der Waals surface area contributed by atoms with Gasteiger partial charge in [-0.15, -0.1) is 6.58 Å². The van der Waals surface area contributed by atoms with Crippen LogP contribution in [0.3, 0.4) is 0 Å². The first kappa shape index (κ1) is 12.1. The van der Waals surface area contributed by atoms with Crippen LogP contribution in [-0.4, -0.2) is 18.0 Å². The second-order valence-corrected chi connectivity index (χ2v) is 3.88. The summed E-state index contributed by atoms with van der Waals surface area (Å²) in [5.74, 6) is 0. The summed E-state index contributed by atoms with van der Waals surface area (Å²) in [5, 5.41) is 0.616. The van der Waals surface area contributed by atoms with Crippen LogP contribution in [0.2, 0.25) is 5.02 Å². The van der Waals surface area contributed by atoms with Gasteiger partial charge in [0.2, 0.25) is 0 Å². The van der Waals surface area contributed by atoms with E-state index in [-0.39, 0.29) is 0 Å². The summed E-state index contributed by atoms with van der Waals surface area (Å²) in [6.45, 7) is 8.62. The van der Waals surface area contributed by atoms with Crippen LogP contribution in [0.1, 0.15) is 12.5 Å². The van der Waals surface area contributed by atoms with Gasteiger partial charge in [-0.3, -0.25) is 4.90 Å². The fourth-order valence-electron chi connectivity index (χ4n) is 1.44. The Morgan fingerprint density at radius 1 is 1.53 bits per heavy atom. The summed E-state index contributed by atoms with van der Waals surface area (Å²) in [7, 11) is 0. The van der Waals surface area contributed by atoms with Gasteiger partial charge in [0.15, 0.2) is 0 Å². The monoisotopic (exact) mass is 224 g/mol. The van der Waals surface area contributed by atoms with E-state index in [1.165, 1.54) is 5.56 Å². The average molecular weight is 225 g/mol. The summed E-state index contributed by atoms with van der Waals surface area (Å²) in [4.78, 5) is 2.27. The fraction of sp³-hybridized carbons (Fsp3) is 0.333. The second-order valence-electron chi connectivity index (χ2n) is 3.47. The molecule has 2 N–H and O–H groups in total. The Labute approximate surface area is 96.3 Å². The summed E-state index contributed by atoms with van der Waals surface area (Å²) < 4.78 is 0. The van der Waals surface area contributed by atoms with Crippen molar-refractivity contribution in [2.24, 2.45) is 0 Å². The molecule has 0 bridgehead atoms. The number of halogens is 1. The second kappa shape index (κ2) is 5.79. The van der Waals surface area contributed by atoms with Crippen molar-refractivity contribution in [3.8, 4) is 0 Å². The molecule has 15 heavy (non-hydrogen) atoms. The van der Waals surface area contributed by atoms with Crippen LogP contribution in [0, 0.1) is 0 Å². The van der Waals surface area contributed by atoms with E-state index in [2.05, 4.69) is 18.4 Å². The van der Waals surface area contributed by atoms with Crippen LogP contribution in [0.25, 0.3) is 0 Å². The molecule has 0 atom stereocenters. The lowest BCUT2D eigenvalue weighted by atomic mass is 10.2. The van der Waals surface area contributed by atoms with Crippen molar-refractivity contribution in [2.75, 3.05) is 18.8 Å². The van der Waals surface area contributed by atoms with Gasteiger partial charge < -0.3 is 5.73 Å². The van der Waals surface area contributed by atoms with Crippen molar-refractivity contribution < 1.29 is 0 Å². The van der Waals surface area contributed by atoms with Gasteiger partial charge >= 0.3 is 0 Å². The lowest BCUT2D eigenvalue weighted by molar-refractivity contribution is 0.311. The first-order valence-corrected chi connectivity index (χ1v) is 5.42. The molecule has 1 rings (SSSR count). The zero-order chi connectivity index (χ0) is 11.3. The van der Waals surface area contributed by atoms with Crippen molar-refractivity contribution in [3.63, 3.8) is 0 Å². The third-order valence-corrected chi connectivity index (χ3v) is 2.65. The highest BCUT2D eigenvalue weighted by molar-refractivity contribution is 6.33. The molecule has 3 heteroatoms. The Bertz CT molecular complexity index is 336. The van der Waals surface area contributed by atoms with E-state index < -0.39 is 0 Å². The highest BCUT2D eigenvalue weighted by atomic mass is 35.5. The van der Waals surface area contributed by atoms with Crippen LogP contribution in [0.5, 0.6) is 0 Å². The van der Waals surface area contributed by atoms with Gasteiger partial charge in [-0.2, -0.15) is 0 Å². The van der Waals surface area contributed by atoms with Crippen molar-refractivity contribution in [1.29, 1.82) is 0 Å². The smallest absolute Gasteiger partial charge is 0.0635 e. The molecule has 0 aliphatic heterocycles. The minimum Gasteiger partial charge on any atom is -0.398 e. The van der Waals surface area contributed by atoms with Crippen LogP contribution in [-0.2, 0) is 6.54 Å². The predicted molar refractivity (Wildman–Crippen MR) is 67.0 cm³/mol. The van der Waals surface area contributed by atoms with Gasteiger partial charge in [0, 0.05) is 13.1 Å². The molecule has 0 fully saturated rings. The molecule has 1 aromatic rings. The first-order chi connectivity index (χ1) is 7.17. The molecule has 82 valence electrons. The minimum absolute atomic E-state index is 0.616. The summed E-state index contributed by atoms with van der Waals surface area (Å²) in [6, 6.07) is 5.77. The normalized spacial score (nSPS) is 10.6. The number of benzene rings is 1. The standard InChI is InChI=1S/C12H17ClN2/c1-3-7-15(4-2)9-10-5-6-11(13)12(14)8-10/h3,5-6,8H,1,4,7,9,14H2,2H3. The molecule has 0 saturated carbocycles.